The van der Waals surface area contributed by atoms with Gasteiger partial charge in [-0.05, 0) is 60.8 Å². The number of hydrogen-bond acceptors (Lipinski definition) is 3. The minimum Gasteiger partial charge on any atom is -0.492 e. The van der Waals surface area contributed by atoms with Gasteiger partial charge in [-0.15, -0.1) is 0 Å². The Morgan fingerprint density at radius 3 is 2.54 bits per heavy atom. The molecule has 0 bridgehead atoms. The fraction of sp³-hybridized carbons (Fsp3) is 0.381. The van der Waals surface area contributed by atoms with Crippen molar-refractivity contribution >= 4 is 5.91 Å². The van der Waals surface area contributed by atoms with Crippen LogP contribution in [0.2, 0.25) is 0 Å². The first kappa shape index (κ1) is 19.9. The molecule has 0 fully saturated rings. The van der Waals surface area contributed by atoms with E-state index in [2.05, 4.69) is 26.8 Å². The predicted molar refractivity (Wildman–Crippen MR) is 102 cm³/mol. The maximum atomic E-state index is 13.5. The number of aryl methyl sites for hydroxylation is 1. The van der Waals surface area contributed by atoms with E-state index < -0.39 is 11.9 Å². The van der Waals surface area contributed by atoms with Gasteiger partial charge in [0.25, 0.3) is 0 Å². The maximum Gasteiger partial charge on any atom is 0.239 e. The normalized spacial score (nSPS) is 12.4. The molecule has 4 nitrogen and oxygen atoms in total. The van der Waals surface area contributed by atoms with Crippen LogP contribution < -0.4 is 10.5 Å². The molecule has 2 rings (SSSR count). The van der Waals surface area contributed by atoms with Gasteiger partial charge in [0.15, 0.2) is 0 Å². The molecule has 0 saturated heterocycles. The van der Waals surface area contributed by atoms with E-state index in [4.69, 9.17) is 10.5 Å². The van der Waals surface area contributed by atoms with Crippen LogP contribution in [0.1, 0.15) is 42.5 Å². The van der Waals surface area contributed by atoms with Gasteiger partial charge in [-0.3, -0.25) is 9.69 Å². The average Bonchev–Trinajstić information content (AvgIpc) is 2.54. The van der Waals surface area contributed by atoms with Crippen molar-refractivity contribution < 1.29 is 13.9 Å². The summed E-state index contributed by atoms with van der Waals surface area (Å²) < 4.78 is 19.3. The number of nitrogens with zero attached hydrogens (tertiary/aromatic N) is 1. The summed E-state index contributed by atoms with van der Waals surface area (Å²) in [4.78, 5) is 13.6. The van der Waals surface area contributed by atoms with Crippen molar-refractivity contribution in [2.75, 3.05) is 20.2 Å². The second-order valence-electron chi connectivity index (χ2n) is 6.86. The van der Waals surface area contributed by atoms with Gasteiger partial charge in [0.1, 0.15) is 24.2 Å². The summed E-state index contributed by atoms with van der Waals surface area (Å²) in [5.41, 5.74) is 8.56. The zero-order valence-corrected chi connectivity index (χ0v) is 15.8. The van der Waals surface area contributed by atoms with E-state index in [0.717, 1.165) is 5.75 Å². The zero-order valence-electron chi connectivity index (χ0n) is 15.8. The van der Waals surface area contributed by atoms with Gasteiger partial charge in [0, 0.05) is 6.54 Å². The molecule has 0 aliphatic rings. The van der Waals surface area contributed by atoms with E-state index in [1.54, 1.807) is 24.1 Å². The molecule has 2 aromatic carbocycles. The van der Waals surface area contributed by atoms with Crippen LogP contribution in [-0.2, 0) is 4.79 Å². The molecule has 0 heterocycles. The number of ether oxygens (including phenoxy) is 1. The van der Waals surface area contributed by atoms with Crippen LogP contribution in [0.4, 0.5) is 4.39 Å². The Labute approximate surface area is 154 Å². The molecule has 5 heteroatoms. The minimum atomic E-state index is -0.695. The molecule has 0 aromatic heterocycles. The highest BCUT2D eigenvalue weighted by atomic mass is 19.1. The Hall–Kier alpha value is -2.40. The quantitative estimate of drug-likeness (QED) is 0.781. The lowest BCUT2D eigenvalue weighted by molar-refractivity contribution is -0.123. The molecule has 140 valence electrons. The number of primary amides is 1. The first-order valence-electron chi connectivity index (χ1n) is 8.78. The summed E-state index contributed by atoms with van der Waals surface area (Å²) in [6, 6.07) is 11.3. The molecular formula is C21H27FN2O2. The second kappa shape index (κ2) is 8.81. The summed E-state index contributed by atoms with van der Waals surface area (Å²) in [5, 5.41) is 0. The molecule has 0 spiro atoms. The van der Waals surface area contributed by atoms with E-state index in [-0.39, 0.29) is 5.82 Å². The summed E-state index contributed by atoms with van der Waals surface area (Å²) in [5.74, 6) is 0.355. The van der Waals surface area contributed by atoms with E-state index in [1.165, 1.54) is 23.3 Å². The van der Waals surface area contributed by atoms with E-state index in [0.29, 0.717) is 24.6 Å². The van der Waals surface area contributed by atoms with Crippen molar-refractivity contribution in [3.05, 3.63) is 65.0 Å². The number of amides is 1. The van der Waals surface area contributed by atoms with Crippen LogP contribution in [0.5, 0.6) is 5.75 Å². The molecule has 0 aliphatic carbocycles. The van der Waals surface area contributed by atoms with Gasteiger partial charge >= 0.3 is 0 Å². The topological polar surface area (TPSA) is 55.6 Å². The lowest BCUT2D eigenvalue weighted by Gasteiger charge is -2.26. The smallest absolute Gasteiger partial charge is 0.239 e. The molecule has 1 unspecified atom stereocenters. The van der Waals surface area contributed by atoms with Crippen molar-refractivity contribution in [3.63, 3.8) is 0 Å². The third-order valence-electron chi connectivity index (χ3n) is 4.45. The number of halogens is 1. The number of carbonyl (C=O) groups is 1. The molecular weight excluding hydrogens is 331 g/mol. The summed E-state index contributed by atoms with van der Waals surface area (Å²) in [6.45, 7) is 7.27. The predicted octanol–water partition coefficient (Wildman–Crippen LogP) is 3.79. The molecule has 0 aliphatic heterocycles. The highest BCUT2D eigenvalue weighted by Gasteiger charge is 2.23. The molecule has 1 amide bonds. The maximum absolute atomic E-state index is 13.5. The molecule has 2 aromatic rings. The Balaban J connectivity index is 1.99. The number of carbonyl (C=O) groups excluding carboxylic acids is 1. The highest BCUT2D eigenvalue weighted by molar-refractivity contribution is 5.81. The van der Waals surface area contributed by atoms with Crippen molar-refractivity contribution in [1.29, 1.82) is 0 Å². The lowest BCUT2D eigenvalue weighted by atomic mass is 9.98. The number of likely N-dealkylation sites (N-methyl/N-ethyl adjacent to an activating group) is 1. The van der Waals surface area contributed by atoms with Crippen LogP contribution in [0.15, 0.2) is 42.5 Å². The summed E-state index contributed by atoms with van der Waals surface area (Å²) in [6.07, 6.45) is 0. The van der Waals surface area contributed by atoms with Crippen LogP contribution in [-0.4, -0.2) is 31.0 Å². The number of hydrogen-bond donors (Lipinski definition) is 1. The Morgan fingerprint density at radius 2 is 1.96 bits per heavy atom. The SMILES string of the molecule is Cc1cc(OCCN(C)C(C(N)=O)c2cccc(F)c2)ccc1C(C)C. The van der Waals surface area contributed by atoms with Crippen LogP contribution in [0.3, 0.4) is 0 Å². The van der Waals surface area contributed by atoms with Crippen LogP contribution in [0, 0.1) is 12.7 Å². The molecule has 26 heavy (non-hydrogen) atoms. The summed E-state index contributed by atoms with van der Waals surface area (Å²) in [7, 11) is 1.77. The van der Waals surface area contributed by atoms with E-state index >= 15 is 0 Å². The molecule has 2 N–H and O–H groups in total. The van der Waals surface area contributed by atoms with Crippen LogP contribution >= 0.6 is 0 Å². The standard InChI is InChI=1S/C21H27FN2O2/c1-14(2)19-9-8-18(12-15(19)3)26-11-10-24(4)20(21(23)25)16-6-5-7-17(22)13-16/h5-9,12-14,20H,10-11H2,1-4H3,(H2,23,25). The fourth-order valence-electron chi connectivity index (χ4n) is 3.13. The zero-order chi connectivity index (χ0) is 19.3. The van der Waals surface area contributed by atoms with Gasteiger partial charge < -0.3 is 10.5 Å². The first-order valence-corrected chi connectivity index (χ1v) is 8.78. The van der Waals surface area contributed by atoms with Crippen LogP contribution in [0.25, 0.3) is 0 Å². The number of rotatable bonds is 8. The monoisotopic (exact) mass is 358 g/mol. The van der Waals surface area contributed by atoms with Gasteiger partial charge in [-0.1, -0.05) is 32.0 Å². The molecule has 0 saturated carbocycles. The van der Waals surface area contributed by atoms with Crippen molar-refractivity contribution in [2.45, 2.75) is 32.7 Å². The van der Waals surface area contributed by atoms with Gasteiger partial charge in [0.2, 0.25) is 5.91 Å². The largest absolute Gasteiger partial charge is 0.492 e. The molecule has 0 radical (unpaired) electrons. The highest BCUT2D eigenvalue weighted by Crippen LogP contribution is 2.24. The number of benzene rings is 2. The third-order valence-corrected chi connectivity index (χ3v) is 4.45. The van der Waals surface area contributed by atoms with Gasteiger partial charge in [-0.2, -0.15) is 0 Å². The van der Waals surface area contributed by atoms with Crippen molar-refractivity contribution in [1.82, 2.24) is 4.90 Å². The Kier molecular flexibility index (Phi) is 6.75. The van der Waals surface area contributed by atoms with Gasteiger partial charge in [0.05, 0.1) is 0 Å². The second-order valence-corrected chi connectivity index (χ2v) is 6.86. The van der Waals surface area contributed by atoms with E-state index in [9.17, 15) is 9.18 Å². The van der Waals surface area contributed by atoms with Crippen molar-refractivity contribution in [3.8, 4) is 5.75 Å². The summed E-state index contributed by atoms with van der Waals surface area (Å²) >= 11 is 0. The van der Waals surface area contributed by atoms with E-state index in [1.807, 2.05) is 12.1 Å². The fourth-order valence-corrected chi connectivity index (χ4v) is 3.13. The molecule has 1 atom stereocenters. The average molecular weight is 358 g/mol. The minimum absolute atomic E-state index is 0.390. The number of nitrogens with two attached hydrogens (primary N) is 1. The third kappa shape index (κ3) is 5.05. The van der Waals surface area contributed by atoms with Gasteiger partial charge in [-0.25, -0.2) is 4.39 Å². The first-order chi connectivity index (χ1) is 12.3. The Morgan fingerprint density at radius 1 is 1.23 bits per heavy atom. The Bertz CT molecular complexity index is 761. The van der Waals surface area contributed by atoms with Crippen molar-refractivity contribution in [2.24, 2.45) is 5.73 Å². The lowest BCUT2D eigenvalue weighted by Crippen LogP contribution is -2.37.